The molecule has 0 aromatic heterocycles. The second-order valence-corrected chi connectivity index (χ2v) is 5.36. The van der Waals surface area contributed by atoms with Crippen LogP contribution in [-0.4, -0.2) is 28.7 Å². The Balaban J connectivity index is 0.000000688. The summed E-state index contributed by atoms with van der Waals surface area (Å²) >= 11 is 5.57. The van der Waals surface area contributed by atoms with E-state index in [1.165, 1.54) is 6.92 Å². The van der Waals surface area contributed by atoms with Crippen LogP contribution in [0.15, 0.2) is 42.0 Å². The third-order valence-electron chi connectivity index (χ3n) is 2.97. The van der Waals surface area contributed by atoms with Crippen molar-refractivity contribution in [3.63, 3.8) is 0 Å². The first-order valence-electron chi connectivity index (χ1n) is 7.40. The number of benzene rings is 1. The third-order valence-corrected chi connectivity index (χ3v) is 3.24. The Kier molecular flexibility index (Phi) is 10.6. The van der Waals surface area contributed by atoms with Gasteiger partial charge in [-0.3, -0.25) is 0 Å². The van der Waals surface area contributed by atoms with E-state index in [1.54, 1.807) is 0 Å². The van der Waals surface area contributed by atoms with Crippen molar-refractivity contribution in [2.45, 2.75) is 33.6 Å². The van der Waals surface area contributed by atoms with Gasteiger partial charge in [0.05, 0.1) is 6.61 Å². The summed E-state index contributed by atoms with van der Waals surface area (Å²) < 4.78 is 5.49. The van der Waals surface area contributed by atoms with Crippen molar-refractivity contribution in [3.8, 4) is 5.75 Å². The molecule has 128 valence electrons. The van der Waals surface area contributed by atoms with Gasteiger partial charge in [0.2, 0.25) is 0 Å². The van der Waals surface area contributed by atoms with Crippen LogP contribution in [-0.2, 0) is 4.79 Å². The van der Waals surface area contributed by atoms with Gasteiger partial charge in [-0.15, -0.1) is 11.6 Å². The fraction of sp³-hybridized carbons (Fsp3) is 0.389. The largest absolute Gasteiger partial charge is 0.507 e. The van der Waals surface area contributed by atoms with Crippen LogP contribution < -0.4 is 4.74 Å². The van der Waals surface area contributed by atoms with E-state index < -0.39 is 5.97 Å². The van der Waals surface area contributed by atoms with E-state index in [4.69, 9.17) is 21.4 Å². The predicted molar refractivity (Wildman–Crippen MR) is 95.2 cm³/mol. The predicted octanol–water partition coefficient (Wildman–Crippen LogP) is 5.04. The van der Waals surface area contributed by atoms with E-state index in [2.05, 4.69) is 6.58 Å². The fourth-order valence-electron chi connectivity index (χ4n) is 1.37. The molecule has 2 N–H and O–H groups in total. The summed E-state index contributed by atoms with van der Waals surface area (Å²) in [6, 6.07) is 7.46. The number of hydrogen-bond donors (Lipinski definition) is 2. The molecule has 0 saturated heterocycles. The zero-order valence-corrected chi connectivity index (χ0v) is 14.7. The summed E-state index contributed by atoms with van der Waals surface area (Å²) in [5.74, 6) is 0.840. The number of aliphatic hydroxyl groups excluding tert-OH is 1. The Bertz CT molecular complexity index is 520. The Morgan fingerprint density at radius 2 is 1.74 bits per heavy atom. The first-order chi connectivity index (χ1) is 10.8. The number of hydrogen-bond acceptors (Lipinski definition) is 3. The zero-order valence-electron chi connectivity index (χ0n) is 13.9. The minimum atomic E-state index is -0.935. The molecule has 5 heteroatoms. The number of rotatable bonds is 7. The highest BCUT2D eigenvalue weighted by atomic mass is 35.5. The molecule has 1 aromatic carbocycles. The lowest BCUT2D eigenvalue weighted by atomic mass is 10.1. The van der Waals surface area contributed by atoms with Gasteiger partial charge in [-0.05, 0) is 56.5 Å². The standard InChI is InChI=1S/C14H19ClO2.C4H6O2/c1-3-11(2)14(16)12-5-7-13(8-6-12)17-10-4-9-15;1-3(2)4(5)6/h5-8,16H,3-4,9-10H2,1-2H3;1H2,2H3,(H,5,6). The monoisotopic (exact) mass is 340 g/mol. The number of carboxylic acid groups (broad SMARTS) is 1. The van der Waals surface area contributed by atoms with Gasteiger partial charge in [0.15, 0.2) is 0 Å². The Labute approximate surface area is 143 Å². The van der Waals surface area contributed by atoms with Crippen LogP contribution in [0.25, 0.3) is 5.76 Å². The fourth-order valence-corrected chi connectivity index (χ4v) is 1.48. The van der Waals surface area contributed by atoms with E-state index in [-0.39, 0.29) is 5.57 Å². The number of carboxylic acids is 1. The molecular formula is C18H25ClO4. The molecule has 1 aromatic rings. The molecule has 0 aliphatic heterocycles. The van der Waals surface area contributed by atoms with Crippen molar-refractivity contribution >= 4 is 23.3 Å². The summed E-state index contributed by atoms with van der Waals surface area (Å²) in [7, 11) is 0. The molecule has 0 unspecified atom stereocenters. The number of halogens is 1. The molecule has 1 rings (SSSR count). The average Bonchev–Trinajstić information content (AvgIpc) is 2.54. The number of carbonyl (C=O) groups is 1. The van der Waals surface area contributed by atoms with Gasteiger partial charge in [0, 0.05) is 17.0 Å². The first kappa shape index (κ1) is 21.1. The van der Waals surface area contributed by atoms with Gasteiger partial charge in [0.25, 0.3) is 0 Å². The van der Waals surface area contributed by atoms with E-state index in [0.717, 1.165) is 29.7 Å². The van der Waals surface area contributed by atoms with Crippen molar-refractivity contribution in [2.75, 3.05) is 12.5 Å². The maximum Gasteiger partial charge on any atom is 0.330 e. The molecule has 0 radical (unpaired) electrons. The van der Waals surface area contributed by atoms with Gasteiger partial charge in [-0.1, -0.05) is 13.5 Å². The van der Waals surface area contributed by atoms with Crippen LogP contribution in [0.5, 0.6) is 5.75 Å². The lowest BCUT2D eigenvalue weighted by Crippen LogP contribution is -1.97. The molecule has 0 heterocycles. The molecular weight excluding hydrogens is 316 g/mol. The quantitative estimate of drug-likeness (QED) is 0.316. The number of ether oxygens (including phenoxy) is 1. The molecule has 0 amide bonds. The van der Waals surface area contributed by atoms with Crippen molar-refractivity contribution in [1.29, 1.82) is 0 Å². The van der Waals surface area contributed by atoms with Crippen molar-refractivity contribution in [2.24, 2.45) is 0 Å². The van der Waals surface area contributed by atoms with Gasteiger partial charge < -0.3 is 14.9 Å². The highest BCUT2D eigenvalue weighted by molar-refractivity contribution is 6.17. The van der Waals surface area contributed by atoms with E-state index in [0.29, 0.717) is 18.2 Å². The van der Waals surface area contributed by atoms with Gasteiger partial charge in [-0.2, -0.15) is 0 Å². The second-order valence-electron chi connectivity index (χ2n) is 4.98. The average molecular weight is 341 g/mol. The summed E-state index contributed by atoms with van der Waals surface area (Å²) in [5.41, 5.74) is 1.99. The van der Waals surface area contributed by atoms with Crippen LogP contribution >= 0.6 is 11.6 Å². The maximum atomic E-state index is 9.92. The smallest absolute Gasteiger partial charge is 0.330 e. The Morgan fingerprint density at radius 3 is 2.13 bits per heavy atom. The summed E-state index contributed by atoms with van der Waals surface area (Å²) in [4.78, 5) is 9.60. The van der Waals surface area contributed by atoms with E-state index in [1.807, 2.05) is 38.1 Å². The lowest BCUT2D eigenvalue weighted by molar-refractivity contribution is -0.132. The van der Waals surface area contributed by atoms with Crippen LogP contribution in [0, 0.1) is 0 Å². The maximum absolute atomic E-state index is 9.92. The van der Waals surface area contributed by atoms with Crippen LogP contribution in [0.2, 0.25) is 0 Å². The summed E-state index contributed by atoms with van der Waals surface area (Å²) in [6.45, 7) is 9.18. The van der Waals surface area contributed by atoms with Crippen LogP contribution in [0.4, 0.5) is 0 Å². The Hall–Kier alpha value is -1.94. The van der Waals surface area contributed by atoms with Crippen LogP contribution in [0.1, 0.15) is 39.2 Å². The molecule has 0 aliphatic rings. The Morgan fingerprint density at radius 1 is 1.22 bits per heavy atom. The number of allylic oxidation sites excluding steroid dienone is 1. The molecule has 0 spiro atoms. The lowest BCUT2D eigenvalue weighted by Gasteiger charge is -2.07. The molecule has 0 bridgehead atoms. The zero-order chi connectivity index (χ0) is 17.8. The van der Waals surface area contributed by atoms with Gasteiger partial charge >= 0.3 is 5.97 Å². The molecule has 0 aliphatic carbocycles. The SMILES string of the molecule is C=C(C)C(=O)O.CCC(C)=C(O)c1ccc(OCCCCl)cc1. The highest BCUT2D eigenvalue weighted by Gasteiger charge is 2.03. The molecule has 4 nitrogen and oxygen atoms in total. The molecule has 0 fully saturated rings. The minimum absolute atomic E-state index is 0.176. The molecule has 23 heavy (non-hydrogen) atoms. The molecule has 0 atom stereocenters. The topological polar surface area (TPSA) is 66.8 Å². The second kappa shape index (κ2) is 11.6. The normalized spacial score (nSPS) is 11.0. The number of aliphatic carboxylic acids is 1. The summed E-state index contributed by atoms with van der Waals surface area (Å²) in [6.07, 6.45) is 1.68. The number of alkyl halides is 1. The van der Waals surface area contributed by atoms with Crippen molar-refractivity contribution < 1.29 is 19.7 Å². The van der Waals surface area contributed by atoms with E-state index >= 15 is 0 Å². The minimum Gasteiger partial charge on any atom is -0.507 e. The van der Waals surface area contributed by atoms with Crippen LogP contribution in [0.3, 0.4) is 0 Å². The highest BCUT2D eigenvalue weighted by Crippen LogP contribution is 2.20. The first-order valence-corrected chi connectivity index (χ1v) is 7.93. The van der Waals surface area contributed by atoms with Gasteiger partial charge in [0.1, 0.15) is 11.5 Å². The summed E-state index contributed by atoms with van der Waals surface area (Å²) in [5, 5.41) is 17.8. The van der Waals surface area contributed by atoms with E-state index in [9.17, 15) is 9.90 Å². The van der Waals surface area contributed by atoms with Crippen molar-refractivity contribution in [3.05, 3.63) is 47.6 Å². The molecule has 0 saturated carbocycles. The third kappa shape index (κ3) is 8.94. The number of aliphatic hydroxyl groups is 1. The van der Waals surface area contributed by atoms with Gasteiger partial charge in [-0.25, -0.2) is 4.79 Å². The van der Waals surface area contributed by atoms with Crippen molar-refractivity contribution in [1.82, 2.24) is 0 Å².